The van der Waals surface area contributed by atoms with E-state index in [1.165, 1.54) is 0 Å². The molecule has 3 aromatic rings. The number of amides is 1. The Morgan fingerprint density at radius 1 is 1.21 bits per heavy atom. The van der Waals surface area contributed by atoms with Gasteiger partial charge in [0.25, 0.3) is 5.91 Å². The number of nitrogens with one attached hydrogen (secondary N) is 2. The zero-order valence-electron chi connectivity index (χ0n) is 18.8. The first kappa shape index (κ1) is 23.4. The Morgan fingerprint density at radius 2 is 1.97 bits per heavy atom. The van der Waals surface area contributed by atoms with E-state index in [1.807, 2.05) is 62.4 Å². The number of nitrogens with zero attached hydrogens (tertiary/aromatic N) is 3. The second-order valence-electron chi connectivity index (χ2n) is 7.51. The van der Waals surface area contributed by atoms with Crippen LogP contribution in [0.5, 0.6) is 5.75 Å². The molecule has 172 valence electrons. The van der Waals surface area contributed by atoms with Crippen molar-refractivity contribution in [3.05, 3.63) is 69.8 Å². The number of aromatic nitrogens is 3. The van der Waals surface area contributed by atoms with Gasteiger partial charge in [0.1, 0.15) is 11.8 Å². The molecule has 0 aliphatic carbocycles. The Kier molecular flexibility index (Phi) is 7.39. The number of fused-ring (bicyclic) bond motifs is 1. The van der Waals surface area contributed by atoms with Crippen LogP contribution in [0.2, 0.25) is 0 Å². The highest BCUT2D eigenvalue weighted by Gasteiger charge is 2.34. The molecule has 0 saturated carbocycles. The summed E-state index contributed by atoms with van der Waals surface area (Å²) in [5.41, 5.74) is 2.89. The third kappa shape index (κ3) is 5.09. The van der Waals surface area contributed by atoms with Crippen LogP contribution in [0.1, 0.15) is 38.8 Å². The largest absolute Gasteiger partial charge is 0.492 e. The predicted molar refractivity (Wildman–Crippen MR) is 136 cm³/mol. The summed E-state index contributed by atoms with van der Waals surface area (Å²) >= 11 is 5.11. The van der Waals surface area contributed by atoms with E-state index in [4.69, 9.17) is 9.84 Å². The molecule has 2 aromatic carbocycles. The molecule has 1 aliphatic rings. The van der Waals surface area contributed by atoms with Crippen molar-refractivity contribution in [3.63, 3.8) is 0 Å². The van der Waals surface area contributed by atoms with Gasteiger partial charge in [0.15, 0.2) is 0 Å². The van der Waals surface area contributed by atoms with Crippen LogP contribution in [0.3, 0.4) is 0 Å². The van der Waals surface area contributed by atoms with E-state index in [2.05, 4.69) is 38.5 Å². The number of halogens is 1. The molecule has 0 bridgehead atoms. The van der Waals surface area contributed by atoms with Crippen LogP contribution in [0, 0.1) is 0 Å². The lowest BCUT2D eigenvalue weighted by molar-refractivity contribution is -0.113. The second kappa shape index (κ2) is 10.4. The van der Waals surface area contributed by atoms with Crippen molar-refractivity contribution in [3.8, 4) is 5.75 Å². The maximum atomic E-state index is 13.6. The SMILES string of the molecule is CCCSc1nc2n(n1)C(c1ccc(Br)cc1)C(C(=O)Nc1ccccc1OCC)=C(C)N2. The van der Waals surface area contributed by atoms with Crippen molar-refractivity contribution in [1.29, 1.82) is 0 Å². The van der Waals surface area contributed by atoms with Gasteiger partial charge >= 0.3 is 0 Å². The summed E-state index contributed by atoms with van der Waals surface area (Å²) in [6, 6.07) is 15.0. The van der Waals surface area contributed by atoms with E-state index in [0.29, 0.717) is 34.7 Å². The molecule has 9 heteroatoms. The summed E-state index contributed by atoms with van der Waals surface area (Å²) in [5, 5.41) is 11.8. The van der Waals surface area contributed by atoms with Gasteiger partial charge in [-0.25, -0.2) is 4.68 Å². The Balaban J connectivity index is 1.74. The van der Waals surface area contributed by atoms with Crippen LogP contribution in [-0.2, 0) is 4.79 Å². The maximum Gasteiger partial charge on any atom is 0.255 e. The molecular formula is C24H26BrN5O2S. The second-order valence-corrected chi connectivity index (χ2v) is 9.49. The average Bonchev–Trinajstić information content (AvgIpc) is 3.21. The average molecular weight is 528 g/mol. The molecule has 0 radical (unpaired) electrons. The summed E-state index contributed by atoms with van der Waals surface area (Å²) < 4.78 is 8.46. The number of para-hydroxylation sites is 2. The number of allylic oxidation sites excluding steroid dienone is 1. The fourth-order valence-electron chi connectivity index (χ4n) is 3.67. The molecule has 2 heterocycles. The summed E-state index contributed by atoms with van der Waals surface area (Å²) in [5.74, 6) is 1.98. The molecule has 33 heavy (non-hydrogen) atoms. The highest BCUT2D eigenvalue weighted by Crippen LogP contribution is 2.37. The topological polar surface area (TPSA) is 81.1 Å². The monoisotopic (exact) mass is 527 g/mol. The lowest BCUT2D eigenvalue weighted by Crippen LogP contribution is -2.31. The lowest BCUT2D eigenvalue weighted by Gasteiger charge is -2.29. The van der Waals surface area contributed by atoms with Gasteiger partial charge in [0, 0.05) is 15.9 Å². The third-order valence-electron chi connectivity index (χ3n) is 5.13. The van der Waals surface area contributed by atoms with Crippen LogP contribution >= 0.6 is 27.7 Å². The highest BCUT2D eigenvalue weighted by molar-refractivity contribution is 9.10. The van der Waals surface area contributed by atoms with Gasteiger partial charge in [-0.3, -0.25) is 4.79 Å². The molecule has 1 atom stereocenters. The number of hydrogen-bond donors (Lipinski definition) is 2. The fraction of sp³-hybridized carbons (Fsp3) is 0.292. The Bertz CT molecular complexity index is 1180. The van der Waals surface area contributed by atoms with Crippen LogP contribution < -0.4 is 15.4 Å². The van der Waals surface area contributed by atoms with E-state index in [0.717, 1.165) is 27.9 Å². The molecule has 1 aromatic heterocycles. The first-order chi connectivity index (χ1) is 16.0. The summed E-state index contributed by atoms with van der Waals surface area (Å²) in [6.07, 6.45) is 1.03. The van der Waals surface area contributed by atoms with Crippen molar-refractivity contribution in [2.24, 2.45) is 0 Å². The quantitative estimate of drug-likeness (QED) is 0.356. The third-order valence-corrected chi connectivity index (χ3v) is 6.71. The molecule has 0 saturated heterocycles. The molecule has 2 N–H and O–H groups in total. The standard InChI is InChI=1S/C24H26BrN5O2S/c1-4-14-33-24-28-23-26-15(3)20(21(30(23)29-24)16-10-12-17(25)13-11-16)22(31)27-18-8-6-7-9-19(18)32-5-2/h6-13,21H,4-5,14H2,1-3H3,(H,27,31)(H,26,28,29). The van der Waals surface area contributed by atoms with Gasteiger partial charge in [-0.1, -0.05) is 58.9 Å². The number of anilines is 2. The van der Waals surface area contributed by atoms with Crippen molar-refractivity contribution >= 4 is 45.2 Å². The van der Waals surface area contributed by atoms with E-state index in [9.17, 15) is 4.79 Å². The number of carbonyl (C=O) groups is 1. The predicted octanol–water partition coefficient (Wildman–Crippen LogP) is 5.87. The number of ether oxygens (including phenoxy) is 1. The molecule has 1 aliphatic heterocycles. The van der Waals surface area contributed by atoms with E-state index in [1.54, 1.807) is 16.4 Å². The molecular weight excluding hydrogens is 502 g/mol. The summed E-state index contributed by atoms with van der Waals surface area (Å²) in [7, 11) is 0. The van der Waals surface area contributed by atoms with Crippen molar-refractivity contribution in [2.45, 2.75) is 38.4 Å². The van der Waals surface area contributed by atoms with Gasteiger partial charge in [-0.2, -0.15) is 4.98 Å². The lowest BCUT2D eigenvalue weighted by atomic mass is 9.95. The van der Waals surface area contributed by atoms with E-state index >= 15 is 0 Å². The normalized spacial score (nSPS) is 15.1. The minimum absolute atomic E-state index is 0.219. The van der Waals surface area contributed by atoms with E-state index in [-0.39, 0.29) is 5.91 Å². The maximum absolute atomic E-state index is 13.6. The van der Waals surface area contributed by atoms with Gasteiger partial charge in [-0.15, -0.1) is 5.10 Å². The number of thioether (sulfide) groups is 1. The van der Waals surface area contributed by atoms with Crippen LogP contribution in [0.15, 0.2) is 69.4 Å². The molecule has 1 unspecified atom stereocenters. The van der Waals surface area contributed by atoms with Crippen molar-refractivity contribution in [1.82, 2.24) is 14.8 Å². The highest BCUT2D eigenvalue weighted by atomic mass is 79.9. The van der Waals surface area contributed by atoms with Crippen molar-refractivity contribution in [2.75, 3.05) is 23.0 Å². The van der Waals surface area contributed by atoms with Crippen LogP contribution in [0.4, 0.5) is 11.6 Å². The Morgan fingerprint density at radius 3 is 2.70 bits per heavy atom. The summed E-state index contributed by atoms with van der Waals surface area (Å²) in [6.45, 7) is 6.45. The van der Waals surface area contributed by atoms with Gasteiger partial charge in [0.05, 0.1) is 17.9 Å². The van der Waals surface area contributed by atoms with E-state index < -0.39 is 6.04 Å². The minimum Gasteiger partial charge on any atom is -0.492 e. The Hall–Kier alpha value is -2.78. The number of hydrogen-bond acceptors (Lipinski definition) is 6. The summed E-state index contributed by atoms with van der Waals surface area (Å²) in [4.78, 5) is 18.3. The molecule has 7 nitrogen and oxygen atoms in total. The zero-order valence-corrected chi connectivity index (χ0v) is 21.2. The number of benzene rings is 2. The Labute approximate surface area is 206 Å². The van der Waals surface area contributed by atoms with Gasteiger partial charge < -0.3 is 15.4 Å². The van der Waals surface area contributed by atoms with Crippen LogP contribution in [0.25, 0.3) is 0 Å². The van der Waals surface area contributed by atoms with Gasteiger partial charge in [-0.05, 0) is 50.1 Å². The molecule has 0 fully saturated rings. The first-order valence-electron chi connectivity index (χ1n) is 10.9. The van der Waals surface area contributed by atoms with Gasteiger partial charge in [0.2, 0.25) is 11.1 Å². The molecule has 4 rings (SSSR count). The minimum atomic E-state index is -0.419. The number of carbonyl (C=O) groups excluding carboxylic acids is 1. The fourth-order valence-corrected chi connectivity index (χ4v) is 4.62. The molecule has 1 amide bonds. The molecule has 0 spiro atoms. The number of rotatable bonds is 8. The zero-order chi connectivity index (χ0) is 23.4. The van der Waals surface area contributed by atoms with Crippen LogP contribution in [-0.4, -0.2) is 33.0 Å². The first-order valence-corrected chi connectivity index (χ1v) is 12.7. The van der Waals surface area contributed by atoms with Crippen molar-refractivity contribution < 1.29 is 9.53 Å². The smallest absolute Gasteiger partial charge is 0.255 e.